The number of rotatable bonds is 5. The van der Waals surface area contributed by atoms with Crippen LogP contribution in [0.4, 0.5) is 5.69 Å². The molecule has 1 aliphatic rings. The third-order valence-electron chi connectivity index (χ3n) is 3.86. The van der Waals surface area contributed by atoms with Crippen molar-refractivity contribution in [2.75, 3.05) is 5.32 Å². The molecule has 21 heavy (non-hydrogen) atoms. The molecule has 1 atom stereocenters. The van der Waals surface area contributed by atoms with Crippen molar-refractivity contribution in [3.63, 3.8) is 0 Å². The molecule has 4 heteroatoms. The van der Waals surface area contributed by atoms with Crippen LogP contribution in [-0.4, -0.2) is 28.8 Å². The van der Waals surface area contributed by atoms with Crippen molar-refractivity contribution in [2.45, 2.75) is 45.2 Å². The highest BCUT2D eigenvalue weighted by molar-refractivity contribution is 6.07. The summed E-state index contributed by atoms with van der Waals surface area (Å²) in [5.74, 6) is 2.32. The minimum Gasteiger partial charge on any atom is -0.373 e. The van der Waals surface area contributed by atoms with E-state index in [9.17, 15) is 9.59 Å². The predicted octanol–water partition coefficient (Wildman–Crippen LogP) is 2.40. The van der Waals surface area contributed by atoms with Gasteiger partial charge in [0.15, 0.2) is 0 Å². The van der Waals surface area contributed by atoms with Crippen LogP contribution in [0.1, 0.15) is 38.7 Å². The lowest BCUT2D eigenvalue weighted by Crippen LogP contribution is -2.41. The van der Waals surface area contributed by atoms with Gasteiger partial charge in [0.25, 0.3) is 5.91 Å². The molecule has 1 unspecified atom stereocenters. The number of hydrogen-bond donors (Lipinski definition) is 1. The van der Waals surface area contributed by atoms with E-state index in [0.29, 0.717) is 0 Å². The maximum Gasteiger partial charge on any atom is 0.252 e. The van der Waals surface area contributed by atoms with Gasteiger partial charge in [0.2, 0.25) is 5.91 Å². The summed E-state index contributed by atoms with van der Waals surface area (Å²) in [7, 11) is 0. The molecule has 0 radical (unpaired) electrons. The molecule has 0 saturated carbocycles. The van der Waals surface area contributed by atoms with Gasteiger partial charge in [0.05, 0.1) is 6.42 Å². The number of hydrogen-bond acceptors (Lipinski definition) is 3. The Bertz CT molecular complexity index is 585. The fraction of sp³-hybridized carbons (Fsp3) is 0.412. The van der Waals surface area contributed by atoms with Gasteiger partial charge in [-0.3, -0.25) is 14.5 Å². The molecule has 1 aromatic rings. The number of carbonyl (C=O) groups excluding carboxylic acids is 2. The van der Waals surface area contributed by atoms with Crippen LogP contribution in [0.3, 0.4) is 0 Å². The fourth-order valence-electron chi connectivity index (χ4n) is 2.70. The van der Waals surface area contributed by atoms with Crippen LogP contribution < -0.4 is 5.32 Å². The van der Waals surface area contributed by atoms with Crippen LogP contribution in [0.2, 0.25) is 0 Å². The molecule has 1 fully saturated rings. The first-order chi connectivity index (χ1) is 10.1. The molecule has 1 aliphatic heterocycles. The third-order valence-corrected chi connectivity index (χ3v) is 3.86. The molecule has 1 N–H and O–H groups in total. The number of nitrogens with zero attached hydrogens (tertiary/aromatic N) is 1. The van der Waals surface area contributed by atoms with Crippen molar-refractivity contribution < 1.29 is 9.59 Å². The monoisotopic (exact) mass is 284 g/mol. The summed E-state index contributed by atoms with van der Waals surface area (Å²) < 4.78 is 0. The molecule has 110 valence electrons. The fourth-order valence-corrected chi connectivity index (χ4v) is 2.70. The quantitative estimate of drug-likeness (QED) is 0.667. The van der Waals surface area contributed by atoms with E-state index in [2.05, 4.69) is 11.2 Å². The maximum atomic E-state index is 12.4. The summed E-state index contributed by atoms with van der Waals surface area (Å²) in [6.45, 7) is 3.98. The Kier molecular flexibility index (Phi) is 4.64. The summed E-state index contributed by atoms with van der Waals surface area (Å²) in [5, 5.41) is 3.12. The van der Waals surface area contributed by atoms with Crippen molar-refractivity contribution >= 4 is 17.5 Å². The molecular formula is C17H20N2O2. The molecule has 1 aromatic carbocycles. The van der Waals surface area contributed by atoms with Crippen molar-refractivity contribution in [3.05, 3.63) is 29.8 Å². The molecule has 4 nitrogen and oxygen atoms in total. The van der Waals surface area contributed by atoms with Gasteiger partial charge < -0.3 is 5.32 Å². The van der Waals surface area contributed by atoms with Gasteiger partial charge in [-0.1, -0.05) is 25.8 Å². The van der Waals surface area contributed by atoms with Crippen molar-refractivity contribution in [1.82, 2.24) is 4.90 Å². The van der Waals surface area contributed by atoms with Crippen molar-refractivity contribution in [2.24, 2.45) is 0 Å². The van der Waals surface area contributed by atoms with E-state index in [0.717, 1.165) is 24.1 Å². The Hall–Kier alpha value is -2.28. The zero-order valence-electron chi connectivity index (χ0n) is 12.4. The number of benzene rings is 1. The van der Waals surface area contributed by atoms with E-state index in [1.807, 2.05) is 32.0 Å². The lowest BCUT2D eigenvalue weighted by molar-refractivity contribution is -0.141. The van der Waals surface area contributed by atoms with Crippen LogP contribution >= 0.6 is 0 Å². The van der Waals surface area contributed by atoms with Crippen LogP contribution in [-0.2, 0) is 9.59 Å². The van der Waals surface area contributed by atoms with Gasteiger partial charge >= 0.3 is 0 Å². The molecule has 0 spiro atoms. The normalized spacial score (nSPS) is 18.2. The van der Waals surface area contributed by atoms with E-state index >= 15 is 0 Å². The Morgan fingerprint density at radius 1 is 1.38 bits per heavy atom. The molecule has 0 aromatic heterocycles. The standard InChI is InChI=1S/C17H20N2O2/c1-4-12-8-7-9-13(10-12)18-15-11-16(20)19(17(15)21)14(5-2)6-3/h1,7-10,14-15,18H,5-6,11H2,2-3H3. The number of nitrogens with one attached hydrogen (secondary N) is 1. The van der Waals surface area contributed by atoms with Gasteiger partial charge in [-0.05, 0) is 31.0 Å². The topological polar surface area (TPSA) is 49.4 Å². The molecule has 2 rings (SSSR count). The zero-order chi connectivity index (χ0) is 15.4. The number of likely N-dealkylation sites (tertiary alicyclic amines) is 1. The molecule has 0 bridgehead atoms. The Morgan fingerprint density at radius 3 is 2.71 bits per heavy atom. The van der Waals surface area contributed by atoms with Crippen LogP contribution in [0.25, 0.3) is 0 Å². The van der Waals surface area contributed by atoms with Crippen LogP contribution in [0.15, 0.2) is 24.3 Å². The van der Waals surface area contributed by atoms with Gasteiger partial charge in [-0.2, -0.15) is 0 Å². The number of imide groups is 1. The second-order valence-corrected chi connectivity index (χ2v) is 5.20. The highest BCUT2D eigenvalue weighted by Gasteiger charge is 2.41. The summed E-state index contributed by atoms with van der Waals surface area (Å²) in [6, 6.07) is 6.80. The molecule has 1 heterocycles. The van der Waals surface area contributed by atoms with Gasteiger partial charge in [-0.15, -0.1) is 6.42 Å². The predicted molar refractivity (Wildman–Crippen MR) is 82.6 cm³/mol. The summed E-state index contributed by atoms with van der Waals surface area (Å²) >= 11 is 0. The van der Waals surface area contributed by atoms with Gasteiger partial charge in [0, 0.05) is 17.3 Å². The van der Waals surface area contributed by atoms with E-state index in [-0.39, 0.29) is 24.3 Å². The van der Waals surface area contributed by atoms with E-state index in [1.54, 1.807) is 6.07 Å². The largest absolute Gasteiger partial charge is 0.373 e. The average molecular weight is 284 g/mol. The zero-order valence-corrected chi connectivity index (χ0v) is 12.4. The number of anilines is 1. The highest BCUT2D eigenvalue weighted by atomic mass is 16.2. The number of carbonyl (C=O) groups is 2. The third kappa shape index (κ3) is 3.08. The first kappa shape index (κ1) is 15.1. The molecule has 1 saturated heterocycles. The van der Waals surface area contributed by atoms with Crippen molar-refractivity contribution in [3.8, 4) is 12.3 Å². The Balaban J connectivity index is 2.14. The van der Waals surface area contributed by atoms with E-state index in [1.165, 1.54) is 4.90 Å². The summed E-state index contributed by atoms with van der Waals surface area (Å²) in [5.41, 5.74) is 1.51. The summed E-state index contributed by atoms with van der Waals surface area (Å²) in [4.78, 5) is 26.0. The SMILES string of the molecule is C#Cc1cccc(NC2CC(=O)N(C(CC)CC)C2=O)c1. The minimum atomic E-state index is -0.494. The van der Waals surface area contributed by atoms with Crippen molar-refractivity contribution in [1.29, 1.82) is 0 Å². The molecule has 2 amide bonds. The Labute approximate surface area is 125 Å². The van der Waals surface area contributed by atoms with Crippen LogP contribution in [0.5, 0.6) is 0 Å². The second-order valence-electron chi connectivity index (χ2n) is 5.20. The Morgan fingerprint density at radius 2 is 2.10 bits per heavy atom. The van der Waals surface area contributed by atoms with Gasteiger partial charge in [0.1, 0.15) is 6.04 Å². The van der Waals surface area contributed by atoms with E-state index < -0.39 is 6.04 Å². The maximum absolute atomic E-state index is 12.4. The first-order valence-electron chi connectivity index (χ1n) is 7.29. The number of amides is 2. The average Bonchev–Trinajstić information content (AvgIpc) is 2.76. The minimum absolute atomic E-state index is 0.00570. The first-order valence-corrected chi connectivity index (χ1v) is 7.29. The lowest BCUT2D eigenvalue weighted by Gasteiger charge is -2.24. The number of terminal acetylenes is 1. The molecular weight excluding hydrogens is 264 g/mol. The molecule has 0 aliphatic carbocycles. The lowest BCUT2D eigenvalue weighted by atomic mass is 10.1. The second kappa shape index (κ2) is 6.45. The summed E-state index contributed by atoms with van der Waals surface area (Å²) in [6.07, 6.45) is 7.14. The van der Waals surface area contributed by atoms with E-state index in [4.69, 9.17) is 6.42 Å². The smallest absolute Gasteiger partial charge is 0.252 e. The van der Waals surface area contributed by atoms with Crippen LogP contribution in [0, 0.1) is 12.3 Å². The van der Waals surface area contributed by atoms with Gasteiger partial charge in [-0.25, -0.2) is 0 Å². The highest BCUT2D eigenvalue weighted by Crippen LogP contribution is 2.23.